The van der Waals surface area contributed by atoms with Crippen molar-refractivity contribution in [3.05, 3.63) is 53.3 Å². The number of carbonyl (C=O) groups excluding carboxylic acids is 1. The first-order valence-electron chi connectivity index (χ1n) is 7.20. The monoisotopic (exact) mass is 390 g/mol. The van der Waals surface area contributed by atoms with Crippen LogP contribution in [0.25, 0.3) is 11.0 Å². The van der Waals surface area contributed by atoms with Crippen LogP contribution >= 0.6 is 0 Å². The first-order chi connectivity index (χ1) is 12.7. The van der Waals surface area contributed by atoms with Gasteiger partial charge < -0.3 is 14.6 Å². The van der Waals surface area contributed by atoms with E-state index in [4.69, 9.17) is 4.52 Å². The molecule has 0 unspecified atom stereocenters. The molecule has 3 rings (SSSR count). The lowest BCUT2D eigenvalue weighted by molar-refractivity contribution is -0.153. The third-order valence-electron chi connectivity index (χ3n) is 3.36. The number of alkyl halides is 3. The number of amides is 1. The molecule has 1 amide bonds. The number of hydrogen-bond donors (Lipinski definition) is 1. The van der Waals surface area contributed by atoms with E-state index in [-0.39, 0.29) is 22.5 Å². The van der Waals surface area contributed by atoms with Gasteiger partial charge in [-0.1, -0.05) is 11.2 Å². The second-order valence-electron chi connectivity index (χ2n) is 5.24. The molecule has 0 saturated heterocycles. The zero-order chi connectivity index (χ0) is 19.8. The first-order valence-corrected chi connectivity index (χ1v) is 7.20. The molecule has 0 saturated carbocycles. The van der Waals surface area contributed by atoms with E-state index in [2.05, 4.69) is 15.2 Å². The van der Waals surface area contributed by atoms with Crippen LogP contribution in [0.15, 0.2) is 34.9 Å². The topological polar surface area (TPSA) is 64.4 Å². The normalized spacial score (nSPS) is 11.6. The van der Waals surface area contributed by atoms with E-state index in [1.807, 2.05) is 0 Å². The number of nitrogens with zero attached hydrogens (tertiary/aromatic N) is 1. The molecule has 0 spiro atoms. The minimum Gasteiger partial charge on any atom is -0.483 e. The molecule has 0 aliphatic heterocycles. The molecule has 1 heterocycles. The molecule has 1 aromatic heterocycles. The Balaban J connectivity index is 1.93. The molecule has 0 aliphatic rings. The van der Waals surface area contributed by atoms with Gasteiger partial charge in [-0.25, -0.2) is 13.2 Å². The highest BCUT2D eigenvalue weighted by Crippen LogP contribution is 2.33. The second kappa shape index (κ2) is 6.82. The maximum atomic E-state index is 13.7. The Morgan fingerprint density at radius 1 is 1.11 bits per heavy atom. The van der Waals surface area contributed by atoms with Gasteiger partial charge >= 0.3 is 6.18 Å². The summed E-state index contributed by atoms with van der Waals surface area (Å²) >= 11 is 0. The van der Waals surface area contributed by atoms with E-state index in [0.29, 0.717) is 12.1 Å². The highest BCUT2D eigenvalue weighted by Gasteiger charge is 2.29. The maximum absolute atomic E-state index is 13.7. The van der Waals surface area contributed by atoms with Crippen molar-refractivity contribution in [2.24, 2.45) is 0 Å². The molecule has 2 aromatic carbocycles. The SMILES string of the molecule is O=C(Nc1noc2cccc(OCC(F)(F)F)c12)c1ccc(F)c(F)c1F. The average Bonchev–Trinajstić information content (AvgIpc) is 3.01. The molecule has 0 aliphatic carbocycles. The first kappa shape index (κ1) is 18.5. The summed E-state index contributed by atoms with van der Waals surface area (Å²) in [7, 11) is 0. The maximum Gasteiger partial charge on any atom is 0.422 e. The fourth-order valence-corrected chi connectivity index (χ4v) is 2.20. The van der Waals surface area contributed by atoms with E-state index in [0.717, 1.165) is 0 Å². The lowest BCUT2D eigenvalue weighted by Crippen LogP contribution is -2.19. The molecule has 0 atom stereocenters. The van der Waals surface area contributed by atoms with Crippen molar-refractivity contribution in [1.82, 2.24) is 5.16 Å². The zero-order valence-electron chi connectivity index (χ0n) is 13.0. The molecular weight excluding hydrogens is 382 g/mol. The predicted molar refractivity (Wildman–Crippen MR) is 79.8 cm³/mol. The van der Waals surface area contributed by atoms with Gasteiger partial charge in [-0.3, -0.25) is 4.79 Å². The largest absolute Gasteiger partial charge is 0.483 e. The Labute approximate surface area is 146 Å². The molecule has 11 heteroatoms. The summed E-state index contributed by atoms with van der Waals surface area (Å²) in [4.78, 5) is 12.1. The summed E-state index contributed by atoms with van der Waals surface area (Å²) in [5.41, 5.74) is -0.852. The quantitative estimate of drug-likeness (QED) is 0.529. The summed E-state index contributed by atoms with van der Waals surface area (Å²) in [5, 5.41) is 5.44. The van der Waals surface area contributed by atoms with Crippen molar-refractivity contribution in [2.75, 3.05) is 11.9 Å². The van der Waals surface area contributed by atoms with Gasteiger partial charge in [-0.15, -0.1) is 0 Å². The van der Waals surface area contributed by atoms with E-state index < -0.39 is 41.7 Å². The molecular formula is C16H8F6N2O3. The Bertz CT molecular complexity index is 1020. The van der Waals surface area contributed by atoms with Gasteiger partial charge in [0.15, 0.2) is 35.5 Å². The van der Waals surface area contributed by atoms with Crippen LogP contribution in [0.5, 0.6) is 5.75 Å². The van der Waals surface area contributed by atoms with Crippen LogP contribution in [0.3, 0.4) is 0 Å². The number of ether oxygens (including phenoxy) is 1. The van der Waals surface area contributed by atoms with Crippen LogP contribution in [-0.2, 0) is 0 Å². The number of rotatable bonds is 4. The van der Waals surface area contributed by atoms with Gasteiger partial charge in [-0.2, -0.15) is 13.2 Å². The lowest BCUT2D eigenvalue weighted by Gasteiger charge is -2.10. The molecule has 142 valence electrons. The molecule has 5 nitrogen and oxygen atoms in total. The summed E-state index contributed by atoms with van der Waals surface area (Å²) < 4.78 is 86.6. The van der Waals surface area contributed by atoms with Crippen LogP contribution in [0.1, 0.15) is 10.4 Å². The molecule has 1 N–H and O–H groups in total. The number of aromatic nitrogens is 1. The van der Waals surface area contributed by atoms with Crippen molar-refractivity contribution < 1.29 is 40.4 Å². The summed E-state index contributed by atoms with van der Waals surface area (Å²) in [6, 6.07) is 5.11. The van der Waals surface area contributed by atoms with Crippen molar-refractivity contribution in [1.29, 1.82) is 0 Å². The molecule has 27 heavy (non-hydrogen) atoms. The van der Waals surface area contributed by atoms with Crippen LogP contribution < -0.4 is 10.1 Å². The van der Waals surface area contributed by atoms with Gasteiger partial charge in [0.2, 0.25) is 0 Å². The van der Waals surface area contributed by atoms with E-state index >= 15 is 0 Å². The molecule has 0 bridgehead atoms. The van der Waals surface area contributed by atoms with Crippen molar-refractivity contribution in [3.63, 3.8) is 0 Å². The smallest absolute Gasteiger partial charge is 0.422 e. The van der Waals surface area contributed by atoms with Crippen LogP contribution in [0.2, 0.25) is 0 Å². The third kappa shape index (κ3) is 3.81. The number of hydrogen-bond acceptors (Lipinski definition) is 4. The Morgan fingerprint density at radius 2 is 1.85 bits per heavy atom. The summed E-state index contributed by atoms with van der Waals surface area (Å²) in [6.07, 6.45) is -4.61. The van der Waals surface area contributed by atoms with Crippen LogP contribution in [0, 0.1) is 17.5 Å². The number of nitrogens with one attached hydrogen (secondary N) is 1. The Hall–Kier alpha value is -3.24. The van der Waals surface area contributed by atoms with E-state index in [1.165, 1.54) is 18.2 Å². The molecule has 0 radical (unpaired) electrons. The van der Waals surface area contributed by atoms with Crippen molar-refractivity contribution >= 4 is 22.7 Å². The number of benzene rings is 2. The lowest BCUT2D eigenvalue weighted by atomic mass is 10.1. The average molecular weight is 390 g/mol. The molecule has 0 fully saturated rings. The van der Waals surface area contributed by atoms with E-state index in [1.54, 1.807) is 0 Å². The number of halogens is 6. The van der Waals surface area contributed by atoms with Gasteiger partial charge in [0, 0.05) is 0 Å². The minimum atomic E-state index is -4.61. The van der Waals surface area contributed by atoms with Gasteiger partial charge in [0.25, 0.3) is 5.91 Å². The number of fused-ring (bicyclic) bond motifs is 1. The van der Waals surface area contributed by atoms with E-state index in [9.17, 15) is 31.1 Å². The van der Waals surface area contributed by atoms with Crippen molar-refractivity contribution in [3.8, 4) is 5.75 Å². The van der Waals surface area contributed by atoms with Crippen LogP contribution in [0.4, 0.5) is 32.2 Å². The Morgan fingerprint density at radius 3 is 2.56 bits per heavy atom. The van der Waals surface area contributed by atoms with Crippen molar-refractivity contribution in [2.45, 2.75) is 6.18 Å². The van der Waals surface area contributed by atoms with Gasteiger partial charge in [-0.05, 0) is 24.3 Å². The second-order valence-corrected chi connectivity index (χ2v) is 5.24. The Kier molecular flexibility index (Phi) is 4.68. The standard InChI is InChI=1S/C16H8F6N2O3/c17-8-5-4-7(12(18)13(8)19)15(25)23-14-11-9(26-6-16(20,21)22)2-1-3-10(11)27-24-14/h1-5H,6H2,(H,23,24,25). The fraction of sp³-hybridized carbons (Fsp3) is 0.125. The highest BCUT2D eigenvalue weighted by molar-refractivity contribution is 6.08. The van der Waals surface area contributed by atoms with Gasteiger partial charge in [0.1, 0.15) is 11.1 Å². The van der Waals surface area contributed by atoms with Gasteiger partial charge in [0.05, 0.1) is 5.56 Å². The summed E-state index contributed by atoms with van der Waals surface area (Å²) in [6.45, 7) is -1.61. The fourth-order valence-electron chi connectivity index (χ4n) is 2.20. The number of anilines is 1. The third-order valence-corrected chi connectivity index (χ3v) is 3.36. The molecule has 3 aromatic rings. The highest BCUT2D eigenvalue weighted by atomic mass is 19.4. The minimum absolute atomic E-state index is 0.0178. The predicted octanol–water partition coefficient (Wildman–Crippen LogP) is 4.44. The zero-order valence-corrected chi connectivity index (χ0v) is 13.0. The van der Waals surface area contributed by atoms with Crippen LogP contribution in [-0.4, -0.2) is 23.8 Å². The summed E-state index contributed by atoms with van der Waals surface area (Å²) in [5.74, 6) is -6.95. The number of carbonyl (C=O) groups is 1.